The van der Waals surface area contributed by atoms with Crippen LogP contribution in [0.25, 0.3) is 0 Å². The summed E-state index contributed by atoms with van der Waals surface area (Å²) in [5.74, 6) is 0.187. The van der Waals surface area contributed by atoms with Crippen LogP contribution in [0.3, 0.4) is 0 Å². The van der Waals surface area contributed by atoms with E-state index < -0.39 is 5.54 Å². The molecule has 4 N–H and O–H groups in total. The van der Waals surface area contributed by atoms with E-state index in [9.17, 15) is 4.79 Å². The van der Waals surface area contributed by atoms with Crippen molar-refractivity contribution in [1.82, 2.24) is 9.78 Å². The molecule has 0 spiro atoms. The highest BCUT2D eigenvalue weighted by Gasteiger charge is 2.17. The first-order chi connectivity index (χ1) is 5.88. The van der Waals surface area contributed by atoms with Crippen LogP contribution < -0.4 is 11.5 Å². The monoisotopic (exact) mass is 182 g/mol. The van der Waals surface area contributed by atoms with E-state index in [-0.39, 0.29) is 12.3 Å². The first kappa shape index (κ1) is 9.73. The van der Waals surface area contributed by atoms with E-state index in [0.29, 0.717) is 5.82 Å². The van der Waals surface area contributed by atoms with E-state index in [1.54, 1.807) is 19.9 Å². The summed E-state index contributed by atoms with van der Waals surface area (Å²) < 4.78 is 1.21. The van der Waals surface area contributed by atoms with Crippen LogP contribution in [0.1, 0.15) is 25.1 Å². The van der Waals surface area contributed by atoms with Crippen molar-refractivity contribution in [1.29, 1.82) is 0 Å². The molecule has 0 fully saturated rings. The molecule has 0 saturated heterocycles. The van der Waals surface area contributed by atoms with Crippen LogP contribution in [0, 0.1) is 0 Å². The average Bonchev–Trinajstić information content (AvgIpc) is 2.31. The highest BCUT2D eigenvalue weighted by molar-refractivity contribution is 5.79. The quantitative estimate of drug-likeness (QED) is 0.685. The van der Waals surface area contributed by atoms with Crippen LogP contribution in [0.15, 0.2) is 12.3 Å². The molecule has 0 saturated carbocycles. The average molecular weight is 182 g/mol. The number of hydrogen-bond acceptors (Lipinski definition) is 4. The molecule has 5 heteroatoms. The molecule has 0 aliphatic rings. The number of rotatable bonds is 2. The highest BCUT2D eigenvalue weighted by atomic mass is 16.2. The van der Waals surface area contributed by atoms with Gasteiger partial charge < -0.3 is 11.5 Å². The molecule has 0 atom stereocenters. The Hall–Kier alpha value is -1.36. The lowest BCUT2D eigenvalue weighted by Crippen LogP contribution is -2.36. The number of carbonyl (C=O) groups is 1. The second kappa shape index (κ2) is 3.18. The van der Waals surface area contributed by atoms with Gasteiger partial charge in [-0.15, -0.1) is 5.10 Å². The second-order valence-electron chi connectivity index (χ2n) is 3.74. The van der Waals surface area contributed by atoms with Gasteiger partial charge in [0.25, 0.3) is 0 Å². The number of nitrogens with zero attached hydrogens (tertiary/aromatic N) is 2. The number of hydrogen-bond donors (Lipinski definition) is 2. The molecule has 1 aromatic rings. The van der Waals surface area contributed by atoms with Crippen molar-refractivity contribution in [3.63, 3.8) is 0 Å². The maximum Gasteiger partial charge on any atom is 0.248 e. The molecule has 0 amide bonds. The fourth-order valence-corrected chi connectivity index (χ4v) is 0.948. The zero-order valence-corrected chi connectivity index (χ0v) is 7.82. The van der Waals surface area contributed by atoms with Crippen LogP contribution >= 0.6 is 0 Å². The van der Waals surface area contributed by atoms with Gasteiger partial charge in [0.2, 0.25) is 5.91 Å². The van der Waals surface area contributed by atoms with Crippen LogP contribution in [-0.2, 0) is 0 Å². The summed E-state index contributed by atoms with van der Waals surface area (Å²) >= 11 is 0. The summed E-state index contributed by atoms with van der Waals surface area (Å²) in [7, 11) is 0. The minimum absolute atomic E-state index is 0.149. The third kappa shape index (κ3) is 2.87. The molecule has 0 aliphatic carbocycles. The third-order valence-electron chi connectivity index (χ3n) is 1.47. The van der Waals surface area contributed by atoms with E-state index in [0.717, 1.165) is 0 Å². The van der Waals surface area contributed by atoms with Gasteiger partial charge in [-0.25, -0.2) is 4.68 Å². The highest BCUT2D eigenvalue weighted by Crippen LogP contribution is 2.06. The lowest BCUT2D eigenvalue weighted by Gasteiger charge is -2.16. The minimum Gasteiger partial charge on any atom is -0.382 e. The zero-order valence-electron chi connectivity index (χ0n) is 7.82. The third-order valence-corrected chi connectivity index (χ3v) is 1.47. The molecule has 0 radical (unpaired) electrons. The van der Waals surface area contributed by atoms with Crippen molar-refractivity contribution in [2.75, 3.05) is 5.73 Å². The summed E-state index contributed by atoms with van der Waals surface area (Å²) in [6.45, 7) is 3.58. The smallest absolute Gasteiger partial charge is 0.248 e. The first-order valence-electron chi connectivity index (χ1n) is 4.02. The maximum atomic E-state index is 11.4. The molecule has 1 heterocycles. The number of aromatic nitrogens is 2. The van der Waals surface area contributed by atoms with Crippen molar-refractivity contribution >= 4 is 11.7 Å². The Morgan fingerprint density at radius 1 is 1.69 bits per heavy atom. The Bertz CT molecular complexity index is 310. The SMILES string of the molecule is CC(C)(N)CC(=O)n1ccc(N)n1. The summed E-state index contributed by atoms with van der Waals surface area (Å²) in [6, 6.07) is 1.57. The van der Waals surface area contributed by atoms with E-state index in [1.807, 2.05) is 0 Å². The van der Waals surface area contributed by atoms with E-state index in [4.69, 9.17) is 11.5 Å². The van der Waals surface area contributed by atoms with Crippen molar-refractivity contribution in [3.8, 4) is 0 Å². The molecule has 72 valence electrons. The van der Waals surface area contributed by atoms with Gasteiger partial charge in [0.1, 0.15) is 5.82 Å². The van der Waals surface area contributed by atoms with Gasteiger partial charge in [-0.2, -0.15) is 0 Å². The zero-order chi connectivity index (χ0) is 10.1. The summed E-state index contributed by atoms with van der Waals surface area (Å²) in [5, 5.41) is 3.78. The van der Waals surface area contributed by atoms with Gasteiger partial charge in [-0.05, 0) is 13.8 Å². The van der Waals surface area contributed by atoms with Gasteiger partial charge in [0, 0.05) is 24.2 Å². The van der Waals surface area contributed by atoms with Crippen molar-refractivity contribution in [3.05, 3.63) is 12.3 Å². The van der Waals surface area contributed by atoms with E-state index >= 15 is 0 Å². The van der Waals surface area contributed by atoms with E-state index in [2.05, 4.69) is 5.10 Å². The molecule has 1 aromatic heterocycles. The largest absolute Gasteiger partial charge is 0.382 e. The molecule has 0 aliphatic heterocycles. The van der Waals surface area contributed by atoms with Gasteiger partial charge >= 0.3 is 0 Å². The van der Waals surface area contributed by atoms with Gasteiger partial charge in [0.05, 0.1) is 0 Å². The van der Waals surface area contributed by atoms with Gasteiger partial charge in [-0.3, -0.25) is 4.79 Å². The minimum atomic E-state index is -0.516. The van der Waals surface area contributed by atoms with E-state index in [1.165, 1.54) is 10.9 Å². The number of nitrogens with two attached hydrogens (primary N) is 2. The Kier molecular flexibility index (Phi) is 2.38. The molecule has 0 bridgehead atoms. The van der Waals surface area contributed by atoms with Gasteiger partial charge in [0.15, 0.2) is 0 Å². The molecule has 1 rings (SSSR count). The molecule has 0 unspecified atom stereocenters. The lowest BCUT2D eigenvalue weighted by atomic mass is 10.0. The summed E-state index contributed by atoms with van der Waals surface area (Å²) in [4.78, 5) is 11.4. The number of anilines is 1. The van der Waals surface area contributed by atoms with Gasteiger partial charge in [-0.1, -0.05) is 0 Å². The van der Waals surface area contributed by atoms with Crippen LogP contribution in [-0.4, -0.2) is 21.2 Å². The standard InChI is InChI=1S/C8H14N4O/c1-8(2,10)5-7(13)12-4-3-6(9)11-12/h3-4H,5,10H2,1-2H3,(H2,9,11). The lowest BCUT2D eigenvalue weighted by molar-refractivity contribution is 0.0863. The molecule has 0 aromatic carbocycles. The fraction of sp³-hybridized carbons (Fsp3) is 0.500. The number of nitrogen functional groups attached to an aromatic ring is 1. The summed E-state index contributed by atoms with van der Waals surface area (Å²) in [5.41, 5.74) is 10.5. The molecular formula is C8H14N4O. The first-order valence-corrected chi connectivity index (χ1v) is 4.02. The Morgan fingerprint density at radius 2 is 2.31 bits per heavy atom. The van der Waals surface area contributed by atoms with Crippen molar-refractivity contribution in [2.24, 2.45) is 5.73 Å². The molecule has 5 nitrogen and oxygen atoms in total. The Morgan fingerprint density at radius 3 is 2.69 bits per heavy atom. The van der Waals surface area contributed by atoms with Crippen molar-refractivity contribution < 1.29 is 4.79 Å². The van der Waals surface area contributed by atoms with Crippen LogP contribution in [0.5, 0.6) is 0 Å². The number of carbonyl (C=O) groups excluding carboxylic acids is 1. The Balaban J connectivity index is 2.70. The second-order valence-corrected chi connectivity index (χ2v) is 3.74. The van der Waals surface area contributed by atoms with Crippen LogP contribution in [0.2, 0.25) is 0 Å². The van der Waals surface area contributed by atoms with Crippen molar-refractivity contribution in [2.45, 2.75) is 25.8 Å². The molecule has 13 heavy (non-hydrogen) atoms. The fourth-order valence-electron chi connectivity index (χ4n) is 0.948. The topological polar surface area (TPSA) is 86.9 Å². The van der Waals surface area contributed by atoms with Crippen LogP contribution in [0.4, 0.5) is 5.82 Å². The Labute approximate surface area is 76.7 Å². The normalized spacial score (nSPS) is 11.6. The predicted molar refractivity (Wildman–Crippen MR) is 50.1 cm³/mol. The summed E-state index contributed by atoms with van der Waals surface area (Å²) in [6.07, 6.45) is 1.78. The maximum absolute atomic E-state index is 11.4. The molecular weight excluding hydrogens is 168 g/mol. The predicted octanol–water partition coefficient (Wildman–Crippen LogP) is 0.233.